The number of benzene rings is 5. The first kappa shape index (κ1) is 37.3. The van der Waals surface area contributed by atoms with Gasteiger partial charge in [-0.1, -0.05) is 81.9 Å². The minimum Gasteiger partial charge on any atom is -0.312 e. The van der Waals surface area contributed by atoms with E-state index in [-0.39, 0.29) is 0 Å². The van der Waals surface area contributed by atoms with Crippen LogP contribution in [0, 0.1) is 0 Å². The van der Waals surface area contributed by atoms with E-state index in [1.807, 2.05) is 0 Å². The number of hydrogen-bond acceptors (Lipinski definition) is 0. The van der Waals surface area contributed by atoms with Crippen LogP contribution in [0.15, 0.2) is 0 Å². The van der Waals surface area contributed by atoms with Crippen molar-refractivity contribution in [3.8, 4) is 11.4 Å². The highest BCUT2D eigenvalue weighted by molar-refractivity contribution is 6.74. The van der Waals surface area contributed by atoms with Gasteiger partial charge in [-0.3, -0.25) is 0 Å². The molecule has 5 aromatic carbocycles. The normalized spacial score (nSPS) is 11.8. The van der Waals surface area contributed by atoms with Crippen LogP contribution >= 0.6 is 0 Å². The molecular formula is C30H40B20N2. The lowest BCUT2D eigenvalue weighted by atomic mass is 9.63. The fourth-order valence-electron chi connectivity index (χ4n) is 10.2. The molecule has 52 heavy (non-hydrogen) atoms. The minimum atomic E-state index is 1.33. The van der Waals surface area contributed by atoms with Crippen molar-refractivity contribution in [3.05, 3.63) is 0 Å². The summed E-state index contributed by atoms with van der Waals surface area (Å²) in [4.78, 5) is 0. The highest BCUT2D eigenvalue weighted by Gasteiger charge is 2.29. The summed E-state index contributed by atoms with van der Waals surface area (Å²) in [5.41, 5.74) is 36.0. The van der Waals surface area contributed by atoms with Crippen LogP contribution in [-0.2, 0) is 0 Å². The minimum absolute atomic E-state index is 1.33. The summed E-state index contributed by atoms with van der Waals surface area (Å²) in [6.07, 6.45) is 0. The van der Waals surface area contributed by atoms with Gasteiger partial charge in [0.1, 0.15) is 157 Å². The number of hydrogen-bond donors (Lipinski definition) is 0. The first-order valence-electron chi connectivity index (χ1n) is 19.3. The van der Waals surface area contributed by atoms with Gasteiger partial charge >= 0.3 is 0 Å². The Hall–Kier alpha value is -3.00. The van der Waals surface area contributed by atoms with Crippen molar-refractivity contribution >= 4 is 310 Å². The average molecular weight is 645 g/mol. The molecule has 0 unspecified atom stereocenters. The van der Waals surface area contributed by atoms with Gasteiger partial charge in [0.2, 0.25) is 0 Å². The van der Waals surface area contributed by atoms with Crippen LogP contribution in [0.1, 0.15) is 0 Å². The van der Waals surface area contributed by atoms with Crippen LogP contribution in [0.3, 0.4) is 0 Å². The van der Waals surface area contributed by atoms with E-state index in [2.05, 4.69) is 166 Å². The van der Waals surface area contributed by atoms with E-state index < -0.39 is 0 Å². The van der Waals surface area contributed by atoms with Crippen LogP contribution in [0.5, 0.6) is 0 Å². The third kappa shape index (κ3) is 4.48. The quantitative estimate of drug-likeness (QED) is 0.166. The molecule has 7 rings (SSSR count). The van der Waals surface area contributed by atoms with Gasteiger partial charge in [-0.05, 0) is 27.0 Å². The summed E-state index contributed by atoms with van der Waals surface area (Å²) < 4.78 is 5.42. The van der Waals surface area contributed by atoms with Crippen LogP contribution in [0.2, 0.25) is 0 Å². The fraction of sp³-hybridized carbons (Fsp3) is 0. The molecule has 2 heterocycles. The number of nitrogens with zero attached hydrogens (tertiary/aromatic N) is 2. The Morgan fingerprint density at radius 3 is 0.558 bits per heavy atom. The van der Waals surface area contributed by atoms with E-state index in [1.54, 1.807) is 0 Å². The number of fused-ring (bicyclic) bond motifs is 6. The molecule has 0 N–H and O–H groups in total. The highest BCUT2D eigenvalue weighted by atomic mass is 15.0. The molecule has 2 aromatic heterocycles. The summed E-state index contributed by atoms with van der Waals surface area (Å²) in [5.74, 6) is 0. The Bertz CT molecular complexity index is 2510. The second-order valence-corrected chi connectivity index (χ2v) is 16.8. The maximum absolute atomic E-state index is 2.71. The predicted molar refractivity (Wildman–Crippen MR) is 299 cm³/mol. The van der Waals surface area contributed by atoms with Crippen molar-refractivity contribution in [3.63, 3.8) is 0 Å². The molecule has 0 aliphatic heterocycles. The topological polar surface area (TPSA) is 9.86 Å². The first-order chi connectivity index (χ1) is 24.2. The fourth-order valence-corrected chi connectivity index (χ4v) is 10.2. The summed E-state index contributed by atoms with van der Waals surface area (Å²) >= 11 is 0. The van der Waals surface area contributed by atoms with Gasteiger partial charge in [0.25, 0.3) is 0 Å². The summed E-state index contributed by atoms with van der Waals surface area (Å²) in [6.45, 7) is 0. The molecule has 2 nitrogen and oxygen atoms in total. The van der Waals surface area contributed by atoms with E-state index >= 15 is 0 Å². The Morgan fingerprint density at radius 2 is 0.346 bits per heavy atom. The molecule has 0 radical (unpaired) electrons. The van der Waals surface area contributed by atoms with Crippen molar-refractivity contribution in [1.29, 1.82) is 0 Å². The van der Waals surface area contributed by atoms with Crippen LogP contribution in [0.25, 0.3) is 55.0 Å². The molecule has 0 amide bonds. The van der Waals surface area contributed by atoms with Gasteiger partial charge in [-0.25, -0.2) is 0 Å². The first-order valence-corrected chi connectivity index (χ1v) is 19.3. The molecule has 230 valence electrons. The molecule has 0 spiro atoms. The van der Waals surface area contributed by atoms with E-state index in [9.17, 15) is 0 Å². The molecule has 0 atom stereocenters. The zero-order valence-electron chi connectivity index (χ0n) is 35.9. The van der Waals surface area contributed by atoms with Crippen molar-refractivity contribution < 1.29 is 0 Å². The molecule has 0 bridgehead atoms. The van der Waals surface area contributed by atoms with Gasteiger partial charge in [0.05, 0.1) is 0 Å². The SMILES string of the molecule is Bc1c(B)c(-n2c3c(B)c(B)c(B)c(B)c3c3c(B)c(B)c(B)c(B)c32)c(B)c(-n2c3c(B)c(B)c(B)c(B)c3c3c(B)c(B)c(B)c(B)c32)c1B. The van der Waals surface area contributed by atoms with Crippen LogP contribution < -0.4 is 109 Å². The van der Waals surface area contributed by atoms with E-state index in [0.717, 1.165) is 0 Å². The maximum Gasteiger partial charge on any atom is 0.144 e. The van der Waals surface area contributed by atoms with Gasteiger partial charge in [-0.15, -0.1) is 21.9 Å². The largest absolute Gasteiger partial charge is 0.312 e. The zero-order chi connectivity index (χ0) is 38.5. The molecule has 0 fully saturated rings. The average Bonchev–Trinajstić information content (AvgIpc) is 3.65. The Balaban J connectivity index is 1.84. The highest BCUT2D eigenvalue weighted by Crippen LogP contribution is 2.28. The molecule has 0 saturated carbocycles. The van der Waals surface area contributed by atoms with Gasteiger partial charge in [0, 0.05) is 33.4 Å². The van der Waals surface area contributed by atoms with Gasteiger partial charge in [0.15, 0.2) is 0 Å². The van der Waals surface area contributed by atoms with Crippen molar-refractivity contribution in [1.82, 2.24) is 9.13 Å². The Morgan fingerprint density at radius 1 is 0.173 bits per heavy atom. The Labute approximate surface area is 328 Å². The molecule has 7 aromatic rings. The lowest BCUT2D eigenvalue weighted by Gasteiger charge is -2.28. The zero-order valence-corrected chi connectivity index (χ0v) is 35.9. The lowest BCUT2D eigenvalue weighted by Crippen LogP contribution is -2.51. The van der Waals surface area contributed by atoms with Crippen LogP contribution in [-0.4, -0.2) is 166 Å². The molecule has 0 saturated heterocycles. The third-order valence-corrected chi connectivity index (χ3v) is 15.0. The monoisotopic (exact) mass is 649 g/mol. The van der Waals surface area contributed by atoms with Gasteiger partial charge < -0.3 is 9.13 Å². The number of aromatic nitrogens is 2. The van der Waals surface area contributed by atoms with E-state index in [4.69, 9.17) is 0 Å². The maximum atomic E-state index is 2.71. The predicted octanol–water partition coefficient (Wildman–Crippen LogP) is -27.0. The van der Waals surface area contributed by atoms with Gasteiger partial charge in [-0.2, -0.15) is 0 Å². The third-order valence-electron chi connectivity index (χ3n) is 15.0. The van der Waals surface area contributed by atoms with E-state index in [0.29, 0.717) is 0 Å². The number of rotatable bonds is 2. The summed E-state index contributed by atoms with van der Waals surface area (Å²) in [5, 5.41) is 5.68. The van der Waals surface area contributed by atoms with Crippen molar-refractivity contribution in [2.24, 2.45) is 0 Å². The Kier molecular flexibility index (Phi) is 8.80. The summed E-state index contributed by atoms with van der Waals surface area (Å²) in [7, 11) is 46.9. The molecule has 22 heteroatoms. The molecule has 0 aliphatic carbocycles. The second kappa shape index (κ2) is 12.3. The summed E-state index contributed by atoms with van der Waals surface area (Å²) in [6, 6.07) is 0. The molecular weight excluding hydrogens is 605 g/mol. The van der Waals surface area contributed by atoms with E-state index in [1.165, 1.54) is 164 Å². The smallest absolute Gasteiger partial charge is 0.144 e. The lowest BCUT2D eigenvalue weighted by molar-refractivity contribution is 1.18. The van der Waals surface area contributed by atoms with Crippen molar-refractivity contribution in [2.45, 2.75) is 0 Å². The van der Waals surface area contributed by atoms with Crippen LogP contribution in [0.4, 0.5) is 0 Å². The molecule has 0 aliphatic rings. The standard InChI is InChI=1S/C30H40B20N2/c31-5-1-2-6(32)10(36)14(40)19(45)26(2)51(25(1)18(44)13(39)9(5)35)29-22(48)17(43)23(49)30(24(29)50)52-27-3(7(33)11(37)15(41)20(27)46)4-8(34)12(38)16(42)21(47)28(4)52/h31-50H2. The second-order valence-electron chi connectivity index (χ2n) is 16.8. The van der Waals surface area contributed by atoms with Crippen molar-refractivity contribution in [2.75, 3.05) is 0 Å².